The molecule has 1 aliphatic heterocycles. The summed E-state index contributed by atoms with van der Waals surface area (Å²) in [6.07, 6.45) is 0. The number of para-hydroxylation sites is 1. The van der Waals surface area contributed by atoms with E-state index >= 15 is 0 Å². The normalized spacial score (nSPS) is 15.0. The number of nitrogens with one attached hydrogen (secondary N) is 1. The van der Waals surface area contributed by atoms with E-state index in [0.29, 0.717) is 0 Å². The molecule has 0 amide bonds. The molecule has 0 radical (unpaired) electrons. The predicted octanol–water partition coefficient (Wildman–Crippen LogP) is 2.90. The summed E-state index contributed by atoms with van der Waals surface area (Å²) in [6.45, 7) is 2.56. The van der Waals surface area contributed by atoms with E-state index in [4.69, 9.17) is 4.74 Å². The largest absolute Gasteiger partial charge is 0.491 e. The van der Waals surface area contributed by atoms with Crippen LogP contribution in [0.3, 0.4) is 0 Å². The molecule has 3 heteroatoms. The molecule has 2 heterocycles. The molecule has 3 rings (SSSR count). The third-order valence-electron chi connectivity index (χ3n) is 2.72. The molecule has 0 bridgehead atoms. The Morgan fingerprint density at radius 1 is 1.19 bits per heavy atom. The third-order valence-corrected chi connectivity index (χ3v) is 3.63. The van der Waals surface area contributed by atoms with Crippen LogP contribution < -0.4 is 10.1 Å². The van der Waals surface area contributed by atoms with Gasteiger partial charge in [-0.3, -0.25) is 0 Å². The monoisotopic (exact) mass is 231 g/mol. The minimum Gasteiger partial charge on any atom is -0.491 e. The van der Waals surface area contributed by atoms with Crippen molar-refractivity contribution < 1.29 is 4.74 Å². The van der Waals surface area contributed by atoms with E-state index in [0.717, 1.165) is 25.4 Å². The standard InChI is InChI=1S/C13H13NOS/c1-3-10-9-14-6-7-15-13(10)11(4-1)12-5-2-8-16-12/h1-5,8,14H,6-7,9H2. The second-order valence-electron chi connectivity index (χ2n) is 3.80. The van der Waals surface area contributed by atoms with Gasteiger partial charge in [-0.15, -0.1) is 11.3 Å². The fourth-order valence-corrected chi connectivity index (χ4v) is 2.72. The number of thiophene rings is 1. The van der Waals surface area contributed by atoms with Gasteiger partial charge in [-0.05, 0) is 17.5 Å². The van der Waals surface area contributed by atoms with Crippen molar-refractivity contribution in [2.24, 2.45) is 0 Å². The molecule has 0 saturated carbocycles. The third kappa shape index (κ3) is 1.72. The van der Waals surface area contributed by atoms with Crippen LogP contribution in [0.25, 0.3) is 10.4 Å². The van der Waals surface area contributed by atoms with E-state index in [1.807, 2.05) is 0 Å². The molecule has 82 valence electrons. The van der Waals surface area contributed by atoms with Crippen LogP contribution in [0.1, 0.15) is 5.56 Å². The lowest BCUT2D eigenvalue weighted by molar-refractivity contribution is 0.327. The summed E-state index contributed by atoms with van der Waals surface area (Å²) in [4.78, 5) is 1.28. The van der Waals surface area contributed by atoms with Gasteiger partial charge in [-0.2, -0.15) is 0 Å². The summed E-state index contributed by atoms with van der Waals surface area (Å²) in [6, 6.07) is 10.6. The van der Waals surface area contributed by atoms with Gasteiger partial charge in [0.2, 0.25) is 0 Å². The smallest absolute Gasteiger partial charge is 0.132 e. The molecule has 0 atom stereocenters. The van der Waals surface area contributed by atoms with E-state index in [1.54, 1.807) is 11.3 Å². The Kier molecular flexibility index (Phi) is 2.64. The summed E-state index contributed by atoms with van der Waals surface area (Å²) in [7, 11) is 0. The molecule has 1 aromatic carbocycles. The number of ether oxygens (including phenoxy) is 1. The molecule has 0 aliphatic carbocycles. The number of benzene rings is 1. The molecular formula is C13H13NOS. The lowest BCUT2D eigenvalue weighted by Crippen LogP contribution is -2.16. The van der Waals surface area contributed by atoms with Crippen molar-refractivity contribution >= 4 is 11.3 Å². The minimum absolute atomic E-state index is 0.745. The number of fused-ring (bicyclic) bond motifs is 1. The summed E-state index contributed by atoms with van der Waals surface area (Å²) < 4.78 is 5.85. The maximum Gasteiger partial charge on any atom is 0.132 e. The zero-order valence-electron chi connectivity index (χ0n) is 8.90. The van der Waals surface area contributed by atoms with Crippen LogP contribution in [0.15, 0.2) is 35.7 Å². The molecule has 0 spiro atoms. The molecule has 1 N–H and O–H groups in total. The predicted molar refractivity (Wildman–Crippen MR) is 67.0 cm³/mol. The Labute approximate surface area is 98.9 Å². The quantitative estimate of drug-likeness (QED) is 0.815. The Balaban J connectivity index is 2.12. The van der Waals surface area contributed by atoms with Gasteiger partial charge in [0.1, 0.15) is 12.4 Å². The van der Waals surface area contributed by atoms with E-state index in [1.165, 1.54) is 16.0 Å². The van der Waals surface area contributed by atoms with Crippen LogP contribution in [0.5, 0.6) is 5.75 Å². The zero-order chi connectivity index (χ0) is 10.8. The molecule has 0 saturated heterocycles. The molecular weight excluding hydrogens is 218 g/mol. The Morgan fingerprint density at radius 3 is 3.06 bits per heavy atom. The van der Waals surface area contributed by atoms with Crippen LogP contribution in [0.2, 0.25) is 0 Å². The van der Waals surface area contributed by atoms with Crippen molar-refractivity contribution in [3.05, 3.63) is 41.3 Å². The first-order valence-corrected chi connectivity index (χ1v) is 6.32. The molecule has 2 nitrogen and oxygen atoms in total. The van der Waals surface area contributed by atoms with Gasteiger partial charge in [0.15, 0.2) is 0 Å². The highest BCUT2D eigenvalue weighted by Crippen LogP contribution is 2.36. The van der Waals surface area contributed by atoms with Crippen molar-refractivity contribution in [2.75, 3.05) is 13.2 Å². The molecule has 16 heavy (non-hydrogen) atoms. The van der Waals surface area contributed by atoms with Gasteiger partial charge in [0.25, 0.3) is 0 Å². The SMILES string of the molecule is c1csc(-c2cccc3c2OCCNC3)c1. The first kappa shape index (κ1) is 9.87. The summed E-state index contributed by atoms with van der Waals surface area (Å²) in [5.74, 6) is 1.05. The molecule has 1 aliphatic rings. The molecule has 0 unspecified atom stereocenters. The fraction of sp³-hybridized carbons (Fsp3) is 0.231. The van der Waals surface area contributed by atoms with Crippen molar-refractivity contribution in [3.8, 4) is 16.2 Å². The average molecular weight is 231 g/mol. The Hall–Kier alpha value is -1.32. The Bertz CT molecular complexity index is 479. The highest BCUT2D eigenvalue weighted by Gasteiger charge is 2.14. The van der Waals surface area contributed by atoms with Crippen molar-refractivity contribution in [1.29, 1.82) is 0 Å². The van der Waals surface area contributed by atoms with Gasteiger partial charge in [-0.1, -0.05) is 18.2 Å². The minimum atomic E-state index is 0.745. The number of hydrogen-bond donors (Lipinski definition) is 1. The second-order valence-corrected chi connectivity index (χ2v) is 4.74. The van der Waals surface area contributed by atoms with Gasteiger partial charge in [0, 0.05) is 29.1 Å². The Morgan fingerprint density at radius 2 is 2.19 bits per heavy atom. The highest BCUT2D eigenvalue weighted by molar-refractivity contribution is 7.13. The highest BCUT2D eigenvalue weighted by atomic mass is 32.1. The first-order valence-electron chi connectivity index (χ1n) is 5.44. The van der Waals surface area contributed by atoms with Crippen molar-refractivity contribution in [3.63, 3.8) is 0 Å². The number of rotatable bonds is 1. The van der Waals surface area contributed by atoms with E-state index in [9.17, 15) is 0 Å². The van der Waals surface area contributed by atoms with Crippen LogP contribution in [-0.4, -0.2) is 13.2 Å². The van der Waals surface area contributed by atoms with Gasteiger partial charge >= 0.3 is 0 Å². The summed E-state index contributed by atoms with van der Waals surface area (Å²) >= 11 is 1.76. The van der Waals surface area contributed by atoms with E-state index in [-0.39, 0.29) is 0 Å². The second kappa shape index (κ2) is 4.28. The average Bonchev–Trinajstić information content (AvgIpc) is 2.73. The fourth-order valence-electron chi connectivity index (χ4n) is 1.97. The van der Waals surface area contributed by atoms with Crippen LogP contribution in [0, 0.1) is 0 Å². The van der Waals surface area contributed by atoms with E-state index in [2.05, 4.69) is 41.0 Å². The maximum atomic E-state index is 5.85. The topological polar surface area (TPSA) is 21.3 Å². The van der Waals surface area contributed by atoms with Gasteiger partial charge < -0.3 is 10.1 Å². The first-order chi connectivity index (χ1) is 7.95. The summed E-state index contributed by atoms with van der Waals surface area (Å²) in [5.41, 5.74) is 2.47. The molecule has 1 aromatic heterocycles. The van der Waals surface area contributed by atoms with Crippen LogP contribution >= 0.6 is 11.3 Å². The molecule has 0 fully saturated rings. The lowest BCUT2D eigenvalue weighted by Gasteiger charge is -2.11. The van der Waals surface area contributed by atoms with E-state index < -0.39 is 0 Å². The lowest BCUT2D eigenvalue weighted by atomic mass is 10.1. The van der Waals surface area contributed by atoms with Crippen LogP contribution in [0.4, 0.5) is 0 Å². The zero-order valence-corrected chi connectivity index (χ0v) is 9.72. The molecule has 2 aromatic rings. The van der Waals surface area contributed by atoms with Crippen molar-refractivity contribution in [2.45, 2.75) is 6.54 Å². The van der Waals surface area contributed by atoms with Crippen molar-refractivity contribution in [1.82, 2.24) is 5.32 Å². The number of hydrogen-bond acceptors (Lipinski definition) is 3. The van der Waals surface area contributed by atoms with Gasteiger partial charge in [-0.25, -0.2) is 0 Å². The van der Waals surface area contributed by atoms with Gasteiger partial charge in [0.05, 0.1) is 0 Å². The maximum absolute atomic E-state index is 5.85. The summed E-state index contributed by atoms with van der Waals surface area (Å²) in [5, 5.41) is 5.46. The van der Waals surface area contributed by atoms with Crippen LogP contribution in [-0.2, 0) is 6.54 Å².